The van der Waals surface area contributed by atoms with E-state index in [0.29, 0.717) is 11.8 Å². The highest BCUT2D eigenvalue weighted by Crippen LogP contribution is 2.24. The molecule has 1 rings (SSSR count). The molecule has 0 aromatic heterocycles. The van der Waals surface area contributed by atoms with E-state index in [1.165, 1.54) is 5.56 Å². The van der Waals surface area contributed by atoms with E-state index in [1.54, 1.807) is 6.07 Å². The highest BCUT2D eigenvalue weighted by molar-refractivity contribution is 5.85. The summed E-state index contributed by atoms with van der Waals surface area (Å²) in [6, 6.07) is 7.86. The van der Waals surface area contributed by atoms with Crippen molar-refractivity contribution in [2.45, 2.75) is 19.4 Å². The van der Waals surface area contributed by atoms with Gasteiger partial charge in [0.1, 0.15) is 5.75 Å². The molecule has 2 nitrogen and oxygen atoms in total. The number of phenols is 1. The van der Waals surface area contributed by atoms with Gasteiger partial charge in [-0.1, -0.05) is 19.1 Å². The van der Waals surface area contributed by atoms with Crippen LogP contribution >= 0.6 is 12.4 Å². The Kier molecular flexibility index (Phi) is 5.58. The minimum absolute atomic E-state index is 0. The molecule has 1 atom stereocenters. The van der Waals surface area contributed by atoms with E-state index >= 15 is 0 Å². The van der Waals surface area contributed by atoms with Gasteiger partial charge in [0.2, 0.25) is 0 Å². The van der Waals surface area contributed by atoms with Crippen LogP contribution in [0.2, 0.25) is 0 Å². The summed E-state index contributed by atoms with van der Waals surface area (Å²) in [7, 11) is 4.11. The van der Waals surface area contributed by atoms with Crippen LogP contribution < -0.4 is 0 Å². The minimum Gasteiger partial charge on any atom is -0.508 e. The molecule has 0 radical (unpaired) electrons. The second-order valence-corrected chi connectivity index (χ2v) is 3.48. The first-order valence-electron chi connectivity index (χ1n) is 4.60. The van der Waals surface area contributed by atoms with Crippen molar-refractivity contribution in [3.8, 4) is 5.75 Å². The Bertz CT molecular complexity index is 276. The smallest absolute Gasteiger partial charge is 0.115 e. The first-order chi connectivity index (χ1) is 6.15. The van der Waals surface area contributed by atoms with Crippen LogP contribution in [0, 0.1) is 0 Å². The van der Waals surface area contributed by atoms with Gasteiger partial charge in [-0.25, -0.2) is 0 Å². The number of phenolic OH excluding ortho intramolecular Hbond substituents is 1. The molecule has 3 heteroatoms. The van der Waals surface area contributed by atoms with Crippen LogP contribution in [-0.2, 0) is 0 Å². The normalized spacial score (nSPS) is 12.3. The number of aromatic hydroxyl groups is 1. The number of halogens is 1. The lowest BCUT2D eigenvalue weighted by atomic mass is 10.0. The fraction of sp³-hybridized carbons (Fsp3) is 0.455. The lowest BCUT2D eigenvalue weighted by Crippen LogP contribution is -2.18. The van der Waals surface area contributed by atoms with Crippen LogP contribution in [0.1, 0.15) is 24.9 Å². The number of hydrogen-bond donors (Lipinski definition) is 1. The van der Waals surface area contributed by atoms with Crippen molar-refractivity contribution in [2.75, 3.05) is 14.1 Å². The number of hydrogen-bond acceptors (Lipinski definition) is 2. The van der Waals surface area contributed by atoms with E-state index < -0.39 is 0 Å². The topological polar surface area (TPSA) is 23.5 Å². The Morgan fingerprint density at radius 1 is 1.36 bits per heavy atom. The highest BCUT2D eigenvalue weighted by atomic mass is 35.5. The standard InChI is InChI=1S/C11H17NO.ClH/c1-4-11(12(2)3)9-6-5-7-10(13)8-9;/h5-8,11,13H,4H2,1-3H3;1H. The van der Waals surface area contributed by atoms with Crippen molar-refractivity contribution >= 4 is 12.4 Å². The van der Waals surface area contributed by atoms with Gasteiger partial charge < -0.3 is 10.0 Å². The summed E-state index contributed by atoms with van der Waals surface area (Å²) < 4.78 is 0. The molecule has 0 saturated carbocycles. The first kappa shape index (κ1) is 13.3. The summed E-state index contributed by atoms with van der Waals surface area (Å²) in [6.45, 7) is 2.15. The van der Waals surface area contributed by atoms with Gasteiger partial charge in [0.15, 0.2) is 0 Å². The molecular formula is C11H18ClNO. The van der Waals surface area contributed by atoms with Gasteiger partial charge in [-0.3, -0.25) is 0 Å². The Hall–Kier alpha value is -0.730. The van der Waals surface area contributed by atoms with Crippen LogP contribution in [0.15, 0.2) is 24.3 Å². The third kappa shape index (κ3) is 3.20. The van der Waals surface area contributed by atoms with Gasteiger partial charge in [-0.2, -0.15) is 0 Å². The lowest BCUT2D eigenvalue weighted by molar-refractivity contribution is 0.291. The van der Waals surface area contributed by atoms with E-state index in [2.05, 4.69) is 25.9 Å². The third-order valence-electron chi connectivity index (χ3n) is 2.27. The van der Waals surface area contributed by atoms with Crippen LogP contribution in [0.25, 0.3) is 0 Å². The maximum atomic E-state index is 9.32. The van der Waals surface area contributed by atoms with Crippen molar-refractivity contribution in [2.24, 2.45) is 0 Å². The molecule has 0 spiro atoms. The average molecular weight is 216 g/mol. The van der Waals surface area contributed by atoms with Crippen molar-refractivity contribution < 1.29 is 5.11 Å². The number of benzene rings is 1. The lowest BCUT2D eigenvalue weighted by Gasteiger charge is -2.23. The quantitative estimate of drug-likeness (QED) is 0.838. The molecule has 0 aliphatic heterocycles. The van der Waals surface area contributed by atoms with E-state index in [-0.39, 0.29) is 12.4 Å². The summed E-state index contributed by atoms with van der Waals surface area (Å²) in [5.41, 5.74) is 1.17. The van der Waals surface area contributed by atoms with E-state index in [1.807, 2.05) is 18.2 Å². The molecule has 80 valence electrons. The molecule has 0 amide bonds. The molecule has 14 heavy (non-hydrogen) atoms. The summed E-state index contributed by atoms with van der Waals surface area (Å²) in [5.74, 6) is 0.345. The predicted molar refractivity (Wildman–Crippen MR) is 62.1 cm³/mol. The summed E-state index contributed by atoms with van der Waals surface area (Å²) in [6.07, 6.45) is 1.05. The Morgan fingerprint density at radius 2 is 2.00 bits per heavy atom. The predicted octanol–water partition coefficient (Wildman–Crippen LogP) is 2.83. The molecule has 0 bridgehead atoms. The highest BCUT2D eigenvalue weighted by Gasteiger charge is 2.11. The van der Waals surface area contributed by atoms with Crippen molar-refractivity contribution in [1.82, 2.24) is 4.90 Å². The number of nitrogens with zero attached hydrogens (tertiary/aromatic N) is 1. The van der Waals surface area contributed by atoms with Gasteiger partial charge >= 0.3 is 0 Å². The average Bonchev–Trinajstić information content (AvgIpc) is 2.04. The van der Waals surface area contributed by atoms with Gasteiger partial charge in [-0.15, -0.1) is 12.4 Å². The molecule has 1 aromatic carbocycles. The molecule has 0 saturated heterocycles. The van der Waals surface area contributed by atoms with E-state index in [9.17, 15) is 5.11 Å². The first-order valence-corrected chi connectivity index (χ1v) is 4.60. The second kappa shape index (κ2) is 5.89. The van der Waals surface area contributed by atoms with Crippen molar-refractivity contribution in [3.63, 3.8) is 0 Å². The zero-order valence-corrected chi connectivity index (χ0v) is 9.71. The molecule has 1 unspecified atom stereocenters. The second-order valence-electron chi connectivity index (χ2n) is 3.48. The molecule has 0 aliphatic rings. The SMILES string of the molecule is CCC(c1cccc(O)c1)N(C)C.Cl. The zero-order valence-electron chi connectivity index (χ0n) is 8.90. The molecule has 0 fully saturated rings. The van der Waals surface area contributed by atoms with E-state index in [0.717, 1.165) is 6.42 Å². The van der Waals surface area contributed by atoms with Crippen molar-refractivity contribution in [1.29, 1.82) is 0 Å². The Balaban J connectivity index is 0.00000169. The third-order valence-corrected chi connectivity index (χ3v) is 2.27. The van der Waals surface area contributed by atoms with Crippen molar-refractivity contribution in [3.05, 3.63) is 29.8 Å². The molecule has 0 aliphatic carbocycles. The fourth-order valence-electron chi connectivity index (χ4n) is 1.63. The van der Waals surface area contributed by atoms with Gasteiger partial charge in [0.25, 0.3) is 0 Å². The van der Waals surface area contributed by atoms with Crippen LogP contribution in [0.5, 0.6) is 5.75 Å². The molecule has 1 aromatic rings. The zero-order chi connectivity index (χ0) is 9.84. The monoisotopic (exact) mass is 215 g/mol. The Morgan fingerprint density at radius 3 is 2.43 bits per heavy atom. The van der Waals surface area contributed by atoms with Gasteiger partial charge in [0.05, 0.1) is 0 Å². The van der Waals surface area contributed by atoms with Crippen LogP contribution in [0.4, 0.5) is 0 Å². The largest absolute Gasteiger partial charge is 0.508 e. The summed E-state index contributed by atoms with van der Waals surface area (Å²) in [4.78, 5) is 2.16. The Labute approximate surface area is 92.0 Å². The van der Waals surface area contributed by atoms with Crippen LogP contribution in [-0.4, -0.2) is 24.1 Å². The molecular weight excluding hydrogens is 198 g/mol. The molecule has 1 N–H and O–H groups in total. The maximum Gasteiger partial charge on any atom is 0.115 e. The van der Waals surface area contributed by atoms with Gasteiger partial charge in [0, 0.05) is 6.04 Å². The fourth-order valence-corrected chi connectivity index (χ4v) is 1.63. The van der Waals surface area contributed by atoms with Gasteiger partial charge in [-0.05, 0) is 38.2 Å². The summed E-state index contributed by atoms with van der Waals surface area (Å²) >= 11 is 0. The van der Waals surface area contributed by atoms with Crippen LogP contribution in [0.3, 0.4) is 0 Å². The molecule has 0 heterocycles. The minimum atomic E-state index is 0. The summed E-state index contributed by atoms with van der Waals surface area (Å²) in [5, 5.41) is 9.32. The maximum absolute atomic E-state index is 9.32. The van der Waals surface area contributed by atoms with E-state index in [4.69, 9.17) is 0 Å². The number of rotatable bonds is 3.